The summed E-state index contributed by atoms with van der Waals surface area (Å²) in [6, 6.07) is 10.4. The van der Waals surface area contributed by atoms with Crippen molar-refractivity contribution in [3.8, 4) is 0 Å². The van der Waals surface area contributed by atoms with Gasteiger partial charge >= 0.3 is 0 Å². The predicted octanol–water partition coefficient (Wildman–Crippen LogP) is 6.84. The Morgan fingerprint density at radius 3 is 2.43 bits per heavy atom. The van der Waals surface area contributed by atoms with E-state index in [1.54, 1.807) is 37.7 Å². The molecule has 1 amide bonds. The maximum absolute atomic E-state index is 13.4. The molecule has 0 aliphatic carbocycles. The lowest BCUT2D eigenvalue weighted by Gasteiger charge is -2.39. The van der Waals surface area contributed by atoms with Gasteiger partial charge in [0.2, 0.25) is 5.91 Å². The van der Waals surface area contributed by atoms with Crippen LogP contribution >= 0.6 is 32.9 Å². The highest BCUT2D eigenvalue weighted by Crippen LogP contribution is 2.53. The highest BCUT2D eigenvalue weighted by molar-refractivity contribution is 7.80. The summed E-state index contributed by atoms with van der Waals surface area (Å²) in [5.74, 6) is -0.355. The van der Waals surface area contributed by atoms with E-state index in [9.17, 15) is 9.18 Å². The van der Waals surface area contributed by atoms with Crippen molar-refractivity contribution in [1.82, 2.24) is 0 Å². The van der Waals surface area contributed by atoms with Crippen LogP contribution in [0.15, 0.2) is 36.4 Å². The van der Waals surface area contributed by atoms with Gasteiger partial charge in [0, 0.05) is 5.41 Å². The lowest BCUT2D eigenvalue weighted by Crippen LogP contribution is -2.36. The number of fused-ring (bicyclic) bond motifs is 2. The summed E-state index contributed by atoms with van der Waals surface area (Å²) < 4.78 is 14.0. The molecule has 0 bridgehead atoms. The molecule has 0 spiro atoms. The number of halogens is 1. The smallest absolute Gasteiger partial charge is 0.236 e. The Balaban J connectivity index is 1.88. The Kier molecular flexibility index (Phi) is 4.76. The van der Waals surface area contributed by atoms with Gasteiger partial charge in [-0.3, -0.25) is 9.69 Å². The van der Waals surface area contributed by atoms with Crippen molar-refractivity contribution < 1.29 is 9.18 Å². The molecular weight excluding hydrogens is 409 g/mol. The molecule has 0 radical (unpaired) electrons. The highest BCUT2D eigenvalue weighted by Gasteiger charge is 2.41. The van der Waals surface area contributed by atoms with Crippen LogP contribution < -0.4 is 4.90 Å². The summed E-state index contributed by atoms with van der Waals surface area (Å²) >= 11 is 5.63. The fraction of sp³-hybridized carbons (Fsp3) is 0.273. The normalized spacial score (nSPS) is 14.5. The summed E-state index contributed by atoms with van der Waals surface area (Å²) in [7, 11) is 3.20. The van der Waals surface area contributed by atoms with E-state index in [1.807, 2.05) is 0 Å². The van der Waals surface area contributed by atoms with Gasteiger partial charge in [-0.1, -0.05) is 64.9 Å². The Labute approximate surface area is 176 Å². The number of carbonyl (C=O) groups excluding carboxylic acids is 1. The lowest BCUT2D eigenvalue weighted by atomic mass is 9.77. The number of carbonyl (C=O) groups is 1. The third-order valence-corrected chi connectivity index (χ3v) is 8.75. The Bertz CT molecular complexity index is 1140. The fourth-order valence-electron chi connectivity index (χ4n) is 3.69. The van der Waals surface area contributed by atoms with E-state index in [1.165, 1.54) is 17.7 Å². The minimum atomic E-state index is -0.304. The molecule has 2 nitrogen and oxygen atoms in total. The molecule has 0 unspecified atom stereocenters. The average molecular weight is 430 g/mol. The summed E-state index contributed by atoms with van der Waals surface area (Å²) in [6.07, 6.45) is 0.196. The van der Waals surface area contributed by atoms with E-state index in [0.717, 1.165) is 36.8 Å². The van der Waals surface area contributed by atoms with E-state index in [0.29, 0.717) is 0 Å². The molecule has 28 heavy (non-hydrogen) atoms. The average Bonchev–Trinajstić information content (AvgIpc) is 3.02. The quantitative estimate of drug-likeness (QED) is 0.328. The summed E-state index contributed by atoms with van der Waals surface area (Å²) in [5.41, 5.74) is 5.81. The number of hydrogen-bond acceptors (Lipinski definition) is 4. The van der Waals surface area contributed by atoms with Crippen molar-refractivity contribution >= 4 is 50.2 Å². The van der Waals surface area contributed by atoms with E-state index >= 15 is 0 Å². The van der Waals surface area contributed by atoms with Crippen LogP contribution in [0.4, 0.5) is 15.8 Å². The Hall–Kier alpha value is -1.89. The molecule has 6 heteroatoms. The first-order chi connectivity index (χ1) is 13.2. The number of hydrogen-bond donors (Lipinski definition) is 0. The van der Waals surface area contributed by atoms with E-state index in [2.05, 4.69) is 39.8 Å². The topological polar surface area (TPSA) is 20.3 Å². The van der Waals surface area contributed by atoms with Gasteiger partial charge in [0.1, 0.15) is 9.64 Å². The second kappa shape index (κ2) is 6.87. The van der Waals surface area contributed by atoms with Crippen LogP contribution in [0.2, 0.25) is 0 Å². The molecule has 0 saturated carbocycles. The van der Waals surface area contributed by atoms with Crippen LogP contribution in [-0.4, -0.2) is 5.91 Å². The third kappa shape index (κ3) is 3.04. The number of aryl methyl sites for hydroxylation is 2. The van der Waals surface area contributed by atoms with Gasteiger partial charge in [0.15, 0.2) is 0 Å². The summed E-state index contributed by atoms with van der Waals surface area (Å²) in [5, 5.41) is 0. The molecule has 144 valence electrons. The second-order valence-electron chi connectivity index (χ2n) is 7.74. The van der Waals surface area contributed by atoms with Crippen LogP contribution in [0.25, 0.3) is 0 Å². The highest BCUT2D eigenvalue weighted by atomic mass is 32.9. The lowest BCUT2D eigenvalue weighted by molar-refractivity contribution is -0.117. The monoisotopic (exact) mass is 429 g/mol. The van der Waals surface area contributed by atoms with Crippen molar-refractivity contribution in [2.24, 2.45) is 0 Å². The molecule has 0 N–H and O–H groups in total. The van der Waals surface area contributed by atoms with Crippen LogP contribution in [-0.2, 0) is 16.6 Å². The second-order valence-corrected chi connectivity index (χ2v) is 10.6. The van der Waals surface area contributed by atoms with Crippen molar-refractivity contribution in [3.05, 3.63) is 73.2 Å². The molecule has 0 atom stereocenters. The molecule has 0 fully saturated rings. The fourth-order valence-corrected chi connectivity index (χ4v) is 6.91. The number of benzene rings is 2. The minimum absolute atomic E-state index is 0.0513. The Morgan fingerprint density at radius 1 is 1.11 bits per heavy atom. The predicted molar refractivity (Wildman–Crippen MR) is 118 cm³/mol. The summed E-state index contributed by atoms with van der Waals surface area (Å²) in [6.45, 7) is 8.55. The number of rotatable bonds is 2. The molecule has 1 aliphatic rings. The van der Waals surface area contributed by atoms with Gasteiger partial charge in [-0.2, -0.15) is 0 Å². The first-order valence-electron chi connectivity index (χ1n) is 9.03. The SMILES string of the molecule is Cc1cc2c(cc1C)C(C)(C)c1ssc(=S)c1N2C(=O)Cc1ccc(F)cc1. The Morgan fingerprint density at radius 2 is 1.75 bits per heavy atom. The maximum atomic E-state index is 13.4. The molecular formula is C22H20FNOS3. The number of nitrogens with zero attached hydrogens (tertiary/aromatic N) is 1. The summed E-state index contributed by atoms with van der Waals surface area (Å²) in [4.78, 5) is 16.4. The van der Waals surface area contributed by atoms with Gasteiger partial charge < -0.3 is 0 Å². The van der Waals surface area contributed by atoms with Crippen molar-refractivity contribution in [2.75, 3.05) is 4.90 Å². The molecule has 2 aromatic carbocycles. The number of amides is 1. The van der Waals surface area contributed by atoms with Crippen LogP contribution in [0.1, 0.15) is 41.0 Å². The third-order valence-electron chi connectivity index (χ3n) is 5.44. The van der Waals surface area contributed by atoms with Gasteiger partial charge in [0.25, 0.3) is 0 Å². The van der Waals surface area contributed by atoms with Gasteiger partial charge in [0.05, 0.1) is 22.7 Å². The molecule has 4 rings (SSSR count). The van der Waals surface area contributed by atoms with E-state index in [4.69, 9.17) is 12.2 Å². The zero-order valence-electron chi connectivity index (χ0n) is 16.1. The molecule has 1 aromatic heterocycles. The number of anilines is 2. The molecule has 3 aromatic rings. The van der Waals surface area contributed by atoms with Crippen LogP contribution in [0.3, 0.4) is 0 Å². The van der Waals surface area contributed by atoms with Crippen LogP contribution in [0, 0.1) is 23.5 Å². The van der Waals surface area contributed by atoms with Crippen molar-refractivity contribution in [3.63, 3.8) is 0 Å². The first kappa shape index (κ1) is 19.4. The molecule has 1 aliphatic heterocycles. The standard InChI is InChI=1S/C22H20FNOS3/c1-12-9-16-17(10-13(12)2)24(18(25)11-14-5-7-15(23)8-6-14)19-20(22(16,3)4)27-28-21(19)26/h5-10H,11H2,1-4H3. The largest absolute Gasteiger partial charge is 0.277 e. The van der Waals surface area contributed by atoms with Crippen LogP contribution in [0.5, 0.6) is 0 Å². The minimum Gasteiger partial charge on any atom is -0.277 e. The zero-order valence-corrected chi connectivity index (χ0v) is 18.6. The van der Waals surface area contributed by atoms with E-state index < -0.39 is 0 Å². The van der Waals surface area contributed by atoms with Crippen molar-refractivity contribution in [1.29, 1.82) is 0 Å². The molecule has 2 heterocycles. The van der Waals surface area contributed by atoms with E-state index in [-0.39, 0.29) is 23.6 Å². The zero-order chi connectivity index (χ0) is 20.2. The van der Waals surface area contributed by atoms with Gasteiger partial charge in [-0.15, -0.1) is 0 Å². The molecule has 0 saturated heterocycles. The van der Waals surface area contributed by atoms with Crippen molar-refractivity contribution in [2.45, 2.75) is 39.5 Å². The van der Waals surface area contributed by atoms with Gasteiger partial charge in [-0.25, -0.2) is 4.39 Å². The first-order valence-corrected chi connectivity index (χ1v) is 11.6. The maximum Gasteiger partial charge on any atom is 0.236 e. The van der Waals surface area contributed by atoms with Gasteiger partial charge in [-0.05, 0) is 54.3 Å².